The number of amides is 1. The molecule has 0 aliphatic heterocycles. The van der Waals surface area contributed by atoms with Gasteiger partial charge < -0.3 is 14.8 Å². The van der Waals surface area contributed by atoms with E-state index in [1.54, 1.807) is 32.0 Å². The third kappa shape index (κ3) is 3.88. The molecule has 1 aromatic carbocycles. The highest BCUT2D eigenvalue weighted by Crippen LogP contribution is 2.27. The fourth-order valence-electron chi connectivity index (χ4n) is 1.42. The molecule has 5 nitrogen and oxygen atoms in total. The molecule has 0 heterocycles. The first-order valence-corrected chi connectivity index (χ1v) is 5.85. The number of hydrogen-bond donors (Lipinski definition) is 1. The zero-order valence-corrected chi connectivity index (χ0v) is 11.6. The van der Waals surface area contributed by atoms with E-state index in [-0.39, 0.29) is 12.5 Å². The molecule has 0 radical (unpaired) electrons. The van der Waals surface area contributed by atoms with Crippen LogP contribution >= 0.6 is 0 Å². The second kappa shape index (κ2) is 6.10. The molecule has 102 valence electrons. The number of rotatable bonds is 5. The molecule has 5 heteroatoms. The molecule has 1 rings (SSSR count). The van der Waals surface area contributed by atoms with Crippen LogP contribution in [0.25, 0.3) is 0 Å². The molecule has 0 aliphatic carbocycles. The molecule has 19 heavy (non-hydrogen) atoms. The van der Waals surface area contributed by atoms with Gasteiger partial charge in [-0.25, -0.2) is 0 Å². The number of carbonyl (C=O) groups is 1. The molecule has 0 fully saturated rings. The number of nitriles is 1. The van der Waals surface area contributed by atoms with Crippen LogP contribution in [0.4, 0.5) is 0 Å². The molecule has 0 unspecified atom stereocenters. The van der Waals surface area contributed by atoms with Crippen LogP contribution in [0.1, 0.15) is 24.2 Å². The van der Waals surface area contributed by atoms with E-state index in [1.165, 1.54) is 14.2 Å². The van der Waals surface area contributed by atoms with Crippen LogP contribution in [-0.2, 0) is 0 Å². The third-order valence-corrected chi connectivity index (χ3v) is 2.64. The number of nitrogens with zero attached hydrogens (tertiary/aromatic N) is 1. The van der Waals surface area contributed by atoms with E-state index in [9.17, 15) is 4.79 Å². The lowest BCUT2D eigenvalue weighted by molar-refractivity contribution is 0.0943. The zero-order chi connectivity index (χ0) is 14.5. The predicted molar refractivity (Wildman–Crippen MR) is 71.3 cm³/mol. The summed E-state index contributed by atoms with van der Waals surface area (Å²) in [6, 6.07) is 7.05. The smallest absolute Gasteiger partial charge is 0.251 e. The standard InChI is InChI=1S/C14H18N2O3/c1-14(2,8-15)9-16-13(17)10-5-6-11(18-3)12(7-10)19-4/h5-7H,9H2,1-4H3,(H,16,17). The summed E-state index contributed by atoms with van der Waals surface area (Å²) < 4.78 is 10.2. The molecule has 1 amide bonds. The zero-order valence-electron chi connectivity index (χ0n) is 11.6. The largest absolute Gasteiger partial charge is 0.493 e. The number of benzene rings is 1. The lowest BCUT2D eigenvalue weighted by Gasteiger charge is -2.16. The Bertz CT molecular complexity index is 504. The summed E-state index contributed by atoms with van der Waals surface area (Å²) in [5, 5.41) is 11.6. The molecular formula is C14H18N2O3. The minimum Gasteiger partial charge on any atom is -0.493 e. The fourth-order valence-corrected chi connectivity index (χ4v) is 1.42. The maximum absolute atomic E-state index is 12.0. The van der Waals surface area contributed by atoms with Gasteiger partial charge >= 0.3 is 0 Å². The van der Waals surface area contributed by atoms with Gasteiger partial charge in [0.2, 0.25) is 0 Å². The van der Waals surface area contributed by atoms with Crippen molar-refractivity contribution in [2.45, 2.75) is 13.8 Å². The number of nitrogens with one attached hydrogen (secondary N) is 1. The van der Waals surface area contributed by atoms with Gasteiger partial charge in [0.1, 0.15) is 0 Å². The number of carbonyl (C=O) groups excluding carboxylic acids is 1. The first-order chi connectivity index (χ1) is 8.93. The molecular weight excluding hydrogens is 244 g/mol. The van der Waals surface area contributed by atoms with Crippen LogP contribution in [0.3, 0.4) is 0 Å². The molecule has 0 bridgehead atoms. The number of methoxy groups -OCH3 is 2. The van der Waals surface area contributed by atoms with E-state index in [0.717, 1.165) is 0 Å². The van der Waals surface area contributed by atoms with Crippen LogP contribution in [0, 0.1) is 16.7 Å². The van der Waals surface area contributed by atoms with Crippen molar-refractivity contribution in [1.82, 2.24) is 5.32 Å². The predicted octanol–water partition coefficient (Wildman–Crippen LogP) is 1.98. The average Bonchev–Trinajstić information content (AvgIpc) is 2.44. The lowest BCUT2D eigenvalue weighted by atomic mass is 9.96. The minimum atomic E-state index is -0.591. The summed E-state index contributed by atoms with van der Waals surface area (Å²) in [7, 11) is 3.05. The molecule has 0 aromatic heterocycles. The molecule has 1 N–H and O–H groups in total. The van der Waals surface area contributed by atoms with E-state index in [4.69, 9.17) is 14.7 Å². The second-order valence-electron chi connectivity index (χ2n) is 4.75. The Balaban J connectivity index is 2.81. The van der Waals surface area contributed by atoms with Crippen molar-refractivity contribution in [1.29, 1.82) is 5.26 Å². The summed E-state index contributed by atoms with van der Waals surface area (Å²) in [6.45, 7) is 3.82. The van der Waals surface area contributed by atoms with E-state index in [2.05, 4.69) is 11.4 Å². The van der Waals surface area contributed by atoms with Gasteiger partial charge in [-0.15, -0.1) is 0 Å². The first kappa shape index (κ1) is 14.8. The summed E-state index contributed by atoms with van der Waals surface area (Å²) in [5.41, 5.74) is -0.127. The fraction of sp³-hybridized carbons (Fsp3) is 0.429. The van der Waals surface area contributed by atoms with Gasteiger partial charge in [-0.2, -0.15) is 5.26 Å². The summed E-state index contributed by atoms with van der Waals surface area (Å²) in [6.07, 6.45) is 0. The van der Waals surface area contributed by atoms with Gasteiger partial charge in [0.25, 0.3) is 5.91 Å². The summed E-state index contributed by atoms with van der Waals surface area (Å²) in [5.74, 6) is 0.815. The maximum Gasteiger partial charge on any atom is 0.251 e. The van der Waals surface area contributed by atoms with Gasteiger partial charge in [-0.3, -0.25) is 4.79 Å². The number of hydrogen-bond acceptors (Lipinski definition) is 4. The van der Waals surface area contributed by atoms with Crippen LogP contribution in [0.15, 0.2) is 18.2 Å². The summed E-state index contributed by atoms with van der Waals surface area (Å²) >= 11 is 0. The highest BCUT2D eigenvalue weighted by molar-refractivity contribution is 5.94. The molecule has 1 aromatic rings. The third-order valence-electron chi connectivity index (χ3n) is 2.64. The Morgan fingerprint density at radius 1 is 1.32 bits per heavy atom. The quantitative estimate of drug-likeness (QED) is 0.880. The van der Waals surface area contributed by atoms with Gasteiger partial charge in [0, 0.05) is 12.1 Å². The van der Waals surface area contributed by atoms with Crippen molar-refractivity contribution in [2.75, 3.05) is 20.8 Å². The van der Waals surface area contributed by atoms with Gasteiger partial charge in [0.15, 0.2) is 11.5 Å². The van der Waals surface area contributed by atoms with Crippen molar-refractivity contribution in [3.05, 3.63) is 23.8 Å². The van der Waals surface area contributed by atoms with Crippen LogP contribution in [0.2, 0.25) is 0 Å². The van der Waals surface area contributed by atoms with Gasteiger partial charge in [0.05, 0.1) is 25.7 Å². The highest BCUT2D eigenvalue weighted by Gasteiger charge is 2.18. The topological polar surface area (TPSA) is 71.3 Å². The summed E-state index contributed by atoms with van der Waals surface area (Å²) in [4.78, 5) is 12.0. The van der Waals surface area contributed by atoms with Crippen molar-refractivity contribution < 1.29 is 14.3 Å². The van der Waals surface area contributed by atoms with Crippen LogP contribution in [0.5, 0.6) is 11.5 Å². The van der Waals surface area contributed by atoms with E-state index in [0.29, 0.717) is 17.1 Å². The van der Waals surface area contributed by atoms with Crippen LogP contribution < -0.4 is 14.8 Å². The Morgan fingerprint density at radius 2 is 1.95 bits per heavy atom. The monoisotopic (exact) mass is 262 g/mol. The van der Waals surface area contributed by atoms with Gasteiger partial charge in [-0.05, 0) is 32.0 Å². The Labute approximate surface area is 113 Å². The van der Waals surface area contributed by atoms with E-state index >= 15 is 0 Å². The SMILES string of the molecule is COc1ccc(C(=O)NCC(C)(C)C#N)cc1OC. The Kier molecular flexibility index (Phi) is 4.76. The average molecular weight is 262 g/mol. The number of ether oxygens (including phenoxy) is 2. The minimum absolute atomic E-state index is 0.246. The first-order valence-electron chi connectivity index (χ1n) is 5.85. The van der Waals surface area contributed by atoms with Crippen molar-refractivity contribution in [3.63, 3.8) is 0 Å². The molecule has 0 spiro atoms. The van der Waals surface area contributed by atoms with Crippen molar-refractivity contribution in [2.24, 2.45) is 5.41 Å². The normalized spacial score (nSPS) is 10.5. The maximum atomic E-state index is 12.0. The highest BCUT2D eigenvalue weighted by atomic mass is 16.5. The Morgan fingerprint density at radius 3 is 2.47 bits per heavy atom. The molecule has 0 aliphatic rings. The lowest BCUT2D eigenvalue weighted by Crippen LogP contribution is -2.33. The van der Waals surface area contributed by atoms with Crippen molar-refractivity contribution >= 4 is 5.91 Å². The van der Waals surface area contributed by atoms with E-state index in [1.807, 2.05) is 0 Å². The van der Waals surface area contributed by atoms with Crippen molar-refractivity contribution in [3.8, 4) is 17.6 Å². The van der Waals surface area contributed by atoms with E-state index < -0.39 is 5.41 Å². The van der Waals surface area contributed by atoms with Crippen LogP contribution in [-0.4, -0.2) is 26.7 Å². The van der Waals surface area contributed by atoms with Gasteiger partial charge in [-0.1, -0.05) is 0 Å². The second-order valence-corrected chi connectivity index (χ2v) is 4.75. The molecule has 0 saturated heterocycles. The molecule has 0 saturated carbocycles. The molecule has 0 atom stereocenters. The Hall–Kier alpha value is -2.22.